The standard InChI is InChI=1S/C18H28N2O3/c1-13(2)22-16-7-5-15(6-8-16)9-10-19-18(21)17-12-20(4)11-14(3)23-17/h5-8,13-14,17H,9-12H2,1-4H3,(H,19,21). The Morgan fingerprint density at radius 3 is 2.65 bits per heavy atom. The van der Waals surface area contributed by atoms with Crippen molar-refractivity contribution in [1.29, 1.82) is 0 Å². The van der Waals surface area contributed by atoms with Crippen molar-refractivity contribution in [2.75, 3.05) is 26.7 Å². The van der Waals surface area contributed by atoms with Crippen LogP contribution in [0, 0.1) is 0 Å². The zero-order chi connectivity index (χ0) is 16.8. The SMILES string of the molecule is CC(C)Oc1ccc(CCNC(=O)C2CN(C)CC(C)O2)cc1. The van der Waals surface area contributed by atoms with Crippen LogP contribution in [-0.4, -0.2) is 55.8 Å². The molecule has 1 aromatic rings. The van der Waals surface area contributed by atoms with Crippen LogP contribution in [0.25, 0.3) is 0 Å². The highest BCUT2D eigenvalue weighted by atomic mass is 16.5. The smallest absolute Gasteiger partial charge is 0.250 e. The largest absolute Gasteiger partial charge is 0.491 e. The van der Waals surface area contributed by atoms with Crippen LogP contribution in [0.3, 0.4) is 0 Å². The Bertz CT molecular complexity index is 491. The van der Waals surface area contributed by atoms with E-state index in [1.807, 2.05) is 52.1 Å². The molecule has 5 nitrogen and oxygen atoms in total. The Labute approximate surface area is 139 Å². The summed E-state index contributed by atoms with van der Waals surface area (Å²) < 4.78 is 11.3. The summed E-state index contributed by atoms with van der Waals surface area (Å²) in [5.41, 5.74) is 1.18. The van der Waals surface area contributed by atoms with Gasteiger partial charge >= 0.3 is 0 Å². The third-order valence-corrected chi connectivity index (χ3v) is 3.74. The molecule has 0 aromatic heterocycles. The molecule has 1 saturated heterocycles. The Kier molecular flexibility index (Phi) is 6.42. The predicted molar refractivity (Wildman–Crippen MR) is 90.8 cm³/mol. The van der Waals surface area contributed by atoms with Crippen molar-refractivity contribution in [1.82, 2.24) is 10.2 Å². The third kappa shape index (κ3) is 5.84. The molecule has 0 bridgehead atoms. The maximum Gasteiger partial charge on any atom is 0.250 e. The van der Waals surface area contributed by atoms with Crippen molar-refractivity contribution in [3.63, 3.8) is 0 Å². The van der Waals surface area contributed by atoms with E-state index in [0.29, 0.717) is 13.1 Å². The predicted octanol–water partition coefficient (Wildman–Crippen LogP) is 1.85. The van der Waals surface area contributed by atoms with Gasteiger partial charge in [0.15, 0.2) is 0 Å². The van der Waals surface area contributed by atoms with E-state index in [0.717, 1.165) is 18.7 Å². The molecule has 0 aliphatic carbocycles. The monoisotopic (exact) mass is 320 g/mol. The summed E-state index contributed by atoms with van der Waals surface area (Å²) in [5, 5.41) is 2.97. The molecule has 1 aromatic carbocycles. The topological polar surface area (TPSA) is 50.8 Å². The van der Waals surface area contributed by atoms with Crippen molar-refractivity contribution in [3.05, 3.63) is 29.8 Å². The fourth-order valence-electron chi connectivity index (χ4n) is 2.76. The van der Waals surface area contributed by atoms with Crippen LogP contribution in [0.1, 0.15) is 26.3 Å². The van der Waals surface area contributed by atoms with Crippen LogP contribution in [-0.2, 0) is 16.0 Å². The number of morpholine rings is 1. The average molecular weight is 320 g/mol. The van der Waals surface area contributed by atoms with Gasteiger partial charge in [-0.3, -0.25) is 4.79 Å². The molecule has 1 heterocycles. The third-order valence-electron chi connectivity index (χ3n) is 3.74. The van der Waals surface area contributed by atoms with Gasteiger partial charge in [-0.25, -0.2) is 0 Å². The summed E-state index contributed by atoms with van der Waals surface area (Å²) in [6.07, 6.45) is 0.700. The van der Waals surface area contributed by atoms with E-state index in [4.69, 9.17) is 9.47 Å². The minimum absolute atomic E-state index is 0.0249. The summed E-state index contributed by atoms with van der Waals surface area (Å²) in [6.45, 7) is 8.15. The van der Waals surface area contributed by atoms with Crippen molar-refractivity contribution < 1.29 is 14.3 Å². The van der Waals surface area contributed by atoms with Gasteiger partial charge in [0.2, 0.25) is 0 Å². The van der Waals surface area contributed by atoms with Gasteiger partial charge in [-0.15, -0.1) is 0 Å². The molecule has 1 fully saturated rings. The number of likely N-dealkylation sites (N-methyl/N-ethyl adjacent to an activating group) is 1. The zero-order valence-corrected chi connectivity index (χ0v) is 14.5. The number of hydrogen-bond donors (Lipinski definition) is 1. The average Bonchev–Trinajstić information content (AvgIpc) is 2.47. The van der Waals surface area contributed by atoms with Gasteiger partial charge in [-0.2, -0.15) is 0 Å². The van der Waals surface area contributed by atoms with E-state index in [2.05, 4.69) is 10.2 Å². The van der Waals surface area contributed by atoms with Crippen LogP contribution < -0.4 is 10.1 Å². The van der Waals surface area contributed by atoms with Gasteiger partial charge < -0.3 is 19.7 Å². The van der Waals surface area contributed by atoms with Crippen molar-refractivity contribution in [2.45, 2.75) is 45.5 Å². The van der Waals surface area contributed by atoms with E-state index in [9.17, 15) is 4.79 Å². The summed E-state index contributed by atoms with van der Waals surface area (Å²) in [4.78, 5) is 14.3. The van der Waals surface area contributed by atoms with E-state index in [1.165, 1.54) is 5.56 Å². The first kappa shape index (κ1) is 17.8. The van der Waals surface area contributed by atoms with Gasteiger partial charge in [-0.1, -0.05) is 12.1 Å². The van der Waals surface area contributed by atoms with Crippen LogP contribution in [0.5, 0.6) is 5.75 Å². The first-order chi connectivity index (χ1) is 10.9. The molecule has 1 aliphatic rings. The number of nitrogens with zero attached hydrogens (tertiary/aromatic N) is 1. The number of nitrogens with one attached hydrogen (secondary N) is 1. The second-order valence-electron chi connectivity index (χ2n) is 6.51. The van der Waals surface area contributed by atoms with E-state index >= 15 is 0 Å². The molecule has 5 heteroatoms. The Morgan fingerprint density at radius 1 is 1.35 bits per heavy atom. The lowest BCUT2D eigenvalue weighted by molar-refractivity contribution is -0.144. The minimum atomic E-state index is -0.370. The lowest BCUT2D eigenvalue weighted by Crippen LogP contribution is -2.51. The van der Waals surface area contributed by atoms with E-state index < -0.39 is 0 Å². The van der Waals surface area contributed by atoms with Gasteiger partial charge in [-0.05, 0) is 51.9 Å². The molecule has 0 saturated carbocycles. The maximum absolute atomic E-state index is 12.2. The van der Waals surface area contributed by atoms with Crippen LogP contribution in [0.15, 0.2) is 24.3 Å². The lowest BCUT2D eigenvalue weighted by atomic mass is 10.1. The first-order valence-corrected chi connectivity index (χ1v) is 8.31. The van der Waals surface area contributed by atoms with Gasteiger partial charge in [0.05, 0.1) is 12.2 Å². The van der Waals surface area contributed by atoms with Gasteiger partial charge in [0.1, 0.15) is 11.9 Å². The molecule has 128 valence electrons. The number of rotatable bonds is 6. The Morgan fingerprint density at radius 2 is 2.04 bits per heavy atom. The number of carbonyl (C=O) groups excluding carboxylic acids is 1. The molecule has 23 heavy (non-hydrogen) atoms. The summed E-state index contributed by atoms with van der Waals surface area (Å²) >= 11 is 0. The summed E-state index contributed by atoms with van der Waals surface area (Å²) in [6, 6.07) is 8.02. The molecule has 2 unspecified atom stereocenters. The van der Waals surface area contributed by atoms with Gasteiger partial charge in [0, 0.05) is 19.6 Å². The molecule has 1 amide bonds. The summed E-state index contributed by atoms with van der Waals surface area (Å²) in [7, 11) is 2.01. The van der Waals surface area contributed by atoms with Crippen molar-refractivity contribution >= 4 is 5.91 Å². The first-order valence-electron chi connectivity index (χ1n) is 8.31. The summed E-state index contributed by atoms with van der Waals surface area (Å²) in [5.74, 6) is 0.851. The zero-order valence-electron chi connectivity index (χ0n) is 14.5. The Balaban J connectivity index is 1.75. The molecule has 2 rings (SSSR count). The quantitative estimate of drug-likeness (QED) is 0.869. The number of hydrogen-bond acceptors (Lipinski definition) is 4. The highest BCUT2D eigenvalue weighted by molar-refractivity contribution is 5.81. The number of ether oxygens (including phenoxy) is 2. The second-order valence-corrected chi connectivity index (χ2v) is 6.51. The molecule has 0 radical (unpaired) electrons. The van der Waals surface area contributed by atoms with Crippen molar-refractivity contribution in [2.24, 2.45) is 0 Å². The highest BCUT2D eigenvalue weighted by Crippen LogP contribution is 2.14. The van der Waals surface area contributed by atoms with Crippen LogP contribution in [0.4, 0.5) is 0 Å². The molecule has 0 spiro atoms. The molecule has 2 atom stereocenters. The lowest BCUT2D eigenvalue weighted by Gasteiger charge is -2.33. The molecule has 1 aliphatic heterocycles. The number of carbonyl (C=O) groups is 1. The van der Waals surface area contributed by atoms with E-state index in [1.54, 1.807) is 0 Å². The maximum atomic E-state index is 12.2. The highest BCUT2D eigenvalue weighted by Gasteiger charge is 2.28. The normalized spacial score (nSPS) is 22.1. The molecular weight excluding hydrogens is 292 g/mol. The van der Waals surface area contributed by atoms with Crippen LogP contribution in [0.2, 0.25) is 0 Å². The fourth-order valence-corrected chi connectivity index (χ4v) is 2.76. The Hall–Kier alpha value is -1.59. The van der Waals surface area contributed by atoms with E-state index in [-0.39, 0.29) is 24.2 Å². The molecule has 1 N–H and O–H groups in total. The second kappa shape index (κ2) is 8.31. The molecular formula is C18H28N2O3. The number of amides is 1. The minimum Gasteiger partial charge on any atom is -0.491 e. The number of benzene rings is 1. The fraction of sp³-hybridized carbons (Fsp3) is 0.611. The van der Waals surface area contributed by atoms with Gasteiger partial charge in [0.25, 0.3) is 5.91 Å². The van der Waals surface area contributed by atoms with Crippen molar-refractivity contribution in [3.8, 4) is 5.75 Å². The van der Waals surface area contributed by atoms with Crippen LogP contribution >= 0.6 is 0 Å².